The van der Waals surface area contributed by atoms with Crippen molar-refractivity contribution in [1.82, 2.24) is 4.57 Å². The van der Waals surface area contributed by atoms with Gasteiger partial charge in [-0.1, -0.05) is 47.5 Å². The van der Waals surface area contributed by atoms with Gasteiger partial charge in [0.05, 0.1) is 29.4 Å². The third kappa shape index (κ3) is 3.92. The molecule has 0 aliphatic heterocycles. The minimum atomic E-state index is -0.500. The minimum absolute atomic E-state index is 0.177. The minimum Gasteiger partial charge on any atom is -0.463 e. The van der Waals surface area contributed by atoms with Crippen molar-refractivity contribution in [3.63, 3.8) is 0 Å². The maximum absolute atomic E-state index is 11.6. The maximum atomic E-state index is 11.6. The number of para-hydroxylation sites is 1. The van der Waals surface area contributed by atoms with Crippen molar-refractivity contribution >= 4 is 52.0 Å². The summed E-state index contributed by atoms with van der Waals surface area (Å²) in [7, 11) is 1.32. The predicted octanol–water partition coefficient (Wildman–Crippen LogP) is 6.13. The molecule has 146 valence electrons. The van der Waals surface area contributed by atoms with Crippen molar-refractivity contribution in [3.05, 3.63) is 87.9 Å². The summed E-state index contributed by atoms with van der Waals surface area (Å²) >= 11 is 12.3. The SMILES string of the molecule is COC(=O)c1ccc(Cn2cc(C=Nc3cccc(Cl)c3Cl)c3ccccc32)o1. The van der Waals surface area contributed by atoms with Gasteiger partial charge in [0, 0.05) is 28.9 Å². The molecule has 0 radical (unpaired) electrons. The summed E-state index contributed by atoms with van der Waals surface area (Å²) < 4.78 is 12.3. The standard InChI is InChI=1S/C22H16Cl2N2O3/c1-28-22(27)20-10-9-15(29-20)13-26-12-14(16-5-2-3-8-19(16)26)11-25-18-7-4-6-17(23)21(18)24/h2-12H,13H2,1H3. The first kappa shape index (κ1) is 19.3. The largest absolute Gasteiger partial charge is 0.463 e. The molecule has 0 aliphatic carbocycles. The third-order valence-corrected chi connectivity index (χ3v) is 5.28. The first-order valence-electron chi connectivity index (χ1n) is 8.80. The molecular weight excluding hydrogens is 411 g/mol. The van der Waals surface area contributed by atoms with Crippen LogP contribution < -0.4 is 0 Å². The molecule has 7 heteroatoms. The number of carbonyl (C=O) groups excluding carboxylic acids is 1. The van der Waals surface area contributed by atoms with E-state index in [1.54, 1.807) is 36.5 Å². The quantitative estimate of drug-likeness (QED) is 0.285. The van der Waals surface area contributed by atoms with E-state index in [4.69, 9.17) is 27.6 Å². The number of esters is 1. The number of rotatable bonds is 5. The van der Waals surface area contributed by atoms with Crippen molar-refractivity contribution in [1.29, 1.82) is 0 Å². The highest BCUT2D eigenvalue weighted by Gasteiger charge is 2.13. The number of carbonyl (C=O) groups is 1. The number of hydrogen-bond acceptors (Lipinski definition) is 4. The number of furan rings is 1. The van der Waals surface area contributed by atoms with Crippen LogP contribution in [0.2, 0.25) is 10.0 Å². The van der Waals surface area contributed by atoms with Gasteiger partial charge in [0.1, 0.15) is 5.76 Å². The number of aromatic nitrogens is 1. The molecule has 0 atom stereocenters. The second-order valence-electron chi connectivity index (χ2n) is 6.32. The van der Waals surface area contributed by atoms with Crippen LogP contribution in [0.25, 0.3) is 10.9 Å². The van der Waals surface area contributed by atoms with E-state index in [9.17, 15) is 4.79 Å². The summed E-state index contributed by atoms with van der Waals surface area (Å²) in [4.78, 5) is 16.1. The van der Waals surface area contributed by atoms with Crippen LogP contribution in [-0.4, -0.2) is 23.9 Å². The first-order chi connectivity index (χ1) is 14.1. The fraction of sp³-hybridized carbons (Fsp3) is 0.0909. The van der Waals surface area contributed by atoms with Crippen molar-refractivity contribution in [3.8, 4) is 0 Å². The number of fused-ring (bicyclic) bond motifs is 1. The summed E-state index contributed by atoms with van der Waals surface area (Å²) in [5.74, 6) is 0.323. The van der Waals surface area contributed by atoms with Gasteiger partial charge in [-0.3, -0.25) is 4.99 Å². The van der Waals surface area contributed by atoms with Gasteiger partial charge in [-0.15, -0.1) is 0 Å². The fourth-order valence-electron chi connectivity index (χ4n) is 3.08. The van der Waals surface area contributed by atoms with E-state index in [0.717, 1.165) is 16.5 Å². The average Bonchev–Trinajstić information content (AvgIpc) is 3.34. The highest BCUT2D eigenvalue weighted by atomic mass is 35.5. The van der Waals surface area contributed by atoms with E-state index in [-0.39, 0.29) is 5.76 Å². The van der Waals surface area contributed by atoms with Gasteiger partial charge in [0.15, 0.2) is 0 Å². The van der Waals surface area contributed by atoms with E-state index in [1.165, 1.54) is 7.11 Å². The normalized spacial score (nSPS) is 11.4. The third-order valence-electron chi connectivity index (χ3n) is 4.47. The number of halogens is 2. The van der Waals surface area contributed by atoms with Gasteiger partial charge in [-0.2, -0.15) is 0 Å². The second kappa shape index (κ2) is 8.15. The molecule has 0 unspecified atom stereocenters. The molecule has 29 heavy (non-hydrogen) atoms. The number of methoxy groups -OCH3 is 1. The van der Waals surface area contributed by atoms with Crippen molar-refractivity contribution in [2.24, 2.45) is 4.99 Å². The molecule has 0 saturated heterocycles. The highest BCUT2D eigenvalue weighted by Crippen LogP contribution is 2.32. The lowest BCUT2D eigenvalue weighted by Crippen LogP contribution is -1.99. The molecule has 2 heterocycles. The van der Waals surface area contributed by atoms with Crippen LogP contribution in [-0.2, 0) is 11.3 Å². The summed E-state index contributed by atoms with van der Waals surface area (Å²) in [6.07, 6.45) is 3.74. The Kier molecular flexibility index (Phi) is 5.43. The van der Waals surface area contributed by atoms with E-state index < -0.39 is 5.97 Å². The molecule has 0 amide bonds. The van der Waals surface area contributed by atoms with E-state index in [0.29, 0.717) is 28.0 Å². The molecule has 5 nitrogen and oxygen atoms in total. The second-order valence-corrected chi connectivity index (χ2v) is 7.10. The zero-order chi connectivity index (χ0) is 20.4. The van der Waals surface area contributed by atoms with Crippen molar-refractivity contribution < 1.29 is 13.9 Å². The van der Waals surface area contributed by atoms with Crippen LogP contribution in [0.1, 0.15) is 21.9 Å². The number of aliphatic imine (C=N–C) groups is 1. The molecule has 0 N–H and O–H groups in total. The van der Waals surface area contributed by atoms with Crippen LogP contribution >= 0.6 is 23.2 Å². The number of nitrogens with zero attached hydrogens (tertiary/aromatic N) is 2. The molecule has 2 aromatic heterocycles. The predicted molar refractivity (Wildman–Crippen MR) is 115 cm³/mol. The van der Waals surface area contributed by atoms with Gasteiger partial charge in [0.25, 0.3) is 0 Å². The molecule has 2 aromatic carbocycles. The van der Waals surface area contributed by atoms with Gasteiger partial charge in [0.2, 0.25) is 5.76 Å². The van der Waals surface area contributed by atoms with Crippen LogP contribution in [0.4, 0.5) is 5.69 Å². The lowest BCUT2D eigenvalue weighted by atomic mass is 10.2. The number of hydrogen-bond donors (Lipinski definition) is 0. The van der Waals surface area contributed by atoms with Gasteiger partial charge in [-0.05, 0) is 30.3 Å². The van der Waals surface area contributed by atoms with Crippen molar-refractivity contribution in [2.45, 2.75) is 6.54 Å². The molecule has 0 saturated carbocycles. The van der Waals surface area contributed by atoms with Gasteiger partial charge in [-0.25, -0.2) is 4.79 Å². The summed E-state index contributed by atoms with van der Waals surface area (Å²) in [6.45, 7) is 0.462. The summed E-state index contributed by atoms with van der Waals surface area (Å²) in [5.41, 5.74) is 2.54. The molecule has 0 aliphatic rings. The topological polar surface area (TPSA) is 56.7 Å². The van der Waals surface area contributed by atoms with Crippen LogP contribution in [0.5, 0.6) is 0 Å². The Morgan fingerprint density at radius 2 is 1.97 bits per heavy atom. The lowest BCUT2D eigenvalue weighted by molar-refractivity contribution is 0.0563. The Bertz CT molecular complexity index is 1220. The maximum Gasteiger partial charge on any atom is 0.373 e. The lowest BCUT2D eigenvalue weighted by Gasteiger charge is -2.02. The molecule has 0 fully saturated rings. The molecule has 0 spiro atoms. The fourth-order valence-corrected chi connectivity index (χ4v) is 3.43. The monoisotopic (exact) mass is 426 g/mol. The van der Waals surface area contributed by atoms with Crippen molar-refractivity contribution in [2.75, 3.05) is 7.11 Å². The van der Waals surface area contributed by atoms with Crippen LogP contribution in [0.3, 0.4) is 0 Å². The van der Waals surface area contributed by atoms with E-state index in [2.05, 4.69) is 9.73 Å². The molecule has 4 aromatic rings. The Hall–Kier alpha value is -3.02. The zero-order valence-electron chi connectivity index (χ0n) is 15.4. The highest BCUT2D eigenvalue weighted by molar-refractivity contribution is 6.43. The zero-order valence-corrected chi connectivity index (χ0v) is 16.9. The summed E-state index contributed by atoms with van der Waals surface area (Å²) in [6, 6.07) is 16.7. The smallest absolute Gasteiger partial charge is 0.373 e. The summed E-state index contributed by atoms with van der Waals surface area (Å²) in [5, 5.41) is 1.91. The Morgan fingerprint density at radius 1 is 1.14 bits per heavy atom. The Balaban J connectivity index is 1.68. The molecular formula is C22H16Cl2N2O3. The van der Waals surface area contributed by atoms with Crippen LogP contribution in [0, 0.1) is 0 Å². The first-order valence-corrected chi connectivity index (χ1v) is 9.55. The molecule has 4 rings (SSSR count). The van der Waals surface area contributed by atoms with E-state index in [1.807, 2.05) is 35.0 Å². The number of ether oxygens (including phenoxy) is 1. The average molecular weight is 427 g/mol. The van der Waals surface area contributed by atoms with Gasteiger partial charge >= 0.3 is 5.97 Å². The van der Waals surface area contributed by atoms with Gasteiger partial charge < -0.3 is 13.7 Å². The molecule has 0 bridgehead atoms. The Morgan fingerprint density at radius 3 is 2.79 bits per heavy atom. The Labute approximate surface area is 177 Å². The number of benzene rings is 2. The van der Waals surface area contributed by atoms with Crippen LogP contribution in [0.15, 0.2) is 70.2 Å². The van der Waals surface area contributed by atoms with E-state index >= 15 is 0 Å².